The number of ether oxygens (including phenoxy) is 2. The molecule has 1 aliphatic heterocycles. The van der Waals surface area contributed by atoms with Gasteiger partial charge in [-0.05, 0) is 12.1 Å². The van der Waals surface area contributed by atoms with Gasteiger partial charge in [0.15, 0.2) is 0 Å². The Hall–Kier alpha value is -1.96. The molecule has 3 rings (SSSR count). The van der Waals surface area contributed by atoms with E-state index in [9.17, 15) is 4.79 Å². The Bertz CT molecular complexity index is 642. The molecule has 1 aliphatic rings. The van der Waals surface area contributed by atoms with Gasteiger partial charge in [0.05, 0.1) is 30.0 Å². The minimum absolute atomic E-state index is 0.114. The van der Waals surface area contributed by atoms with Crippen LogP contribution in [0, 0.1) is 0 Å². The number of hydrogen-bond acceptors (Lipinski definition) is 6. The van der Waals surface area contributed by atoms with E-state index in [0.717, 1.165) is 38.5 Å². The number of hydrogen-bond donors (Lipinski definition) is 1. The lowest BCUT2D eigenvalue weighted by Gasteiger charge is -2.26. The molecule has 24 heavy (non-hydrogen) atoms. The molecule has 128 valence electrons. The van der Waals surface area contributed by atoms with Gasteiger partial charge in [-0.25, -0.2) is 4.98 Å². The van der Waals surface area contributed by atoms with Crippen LogP contribution in [0.4, 0.5) is 0 Å². The molecule has 1 N–H and O–H groups in total. The third-order valence-electron chi connectivity index (χ3n) is 3.81. The highest BCUT2D eigenvalue weighted by Gasteiger charge is 2.14. The first kappa shape index (κ1) is 16.9. The van der Waals surface area contributed by atoms with Gasteiger partial charge in [-0.1, -0.05) is 12.1 Å². The van der Waals surface area contributed by atoms with Crippen LogP contribution in [-0.2, 0) is 11.3 Å². The van der Waals surface area contributed by atoms with E-state index in [2.05, 4.69) is 15.2 Å². The Balaban J connectivity index is 1.51. The average Bonchev–Trinajstić information content (AvgIpc) is 3.14. The summed E-state index contributed by atoms with van der Waals surface area (Å²) in [6, 6.07) is 7.29. The average molecular weight is 347 g/mol. The number of morpholine rings is 1. The summed E-state index contributed by atoms with van der Waals surface area (Å²) in [6.45, 7) is 5.17. The lowest BCUT2D eigenvalue weighted by molar-refractivity contribution is 0.0383. The molecule has 0 radical (unpaired) electrons. The summed E-state index contributed by atoms with van der Waals surface area (Å²) >= 11 is 1.53. The Labute approximate surface area is 145 Å². The maximum atomic E-state index is 12.4. The molecule has 1 aromatic heterocycles. The Morgan fingerprint density at radius 2 is 2.17 bits per heavy atom. The highest BCUT2D eigenvalue weighted by Crippen LogP contribution is 2.19. The summed E-state index contributed by atoms with van der Waals surface area (Å²) in [5.41, 5.74) is 3.18. The molecule has 1 aromatic carbocycles. The van der Waals surface area contributed by atoms with Crippen molar-refractivity contribution < 1.29 is 14.3 Å². The first-order valence-corrected chi connectivity index (χ1v) is 8.94. The third-order valence-corrected chi connectivity index (χ3v) is 4.44. The summed E-state index contributed by atoms with van der Waals surface area (Å²) in [4.78, 5) is 18.9. The zero-order valence-corrected chi connectivity index (χ0v) is 14.3. The van der Waals surface area contributed by atoms with E-state index < -0.39 is 0 Å². The largest absolute Gasteiger partial charge is 0.486 e. The van der Waals surface area contributed by atoms with Crippen molar-refractivity contribution in [2.45, 2.75) is 6.61 Å². The first-order chi connectivity index (χ1) is 11.8. The van der Waals surface area contributed by atoms with E-state index in [1.54, 1.807) is 11.6 Å². The van der Waals surface area contributed by atoms with Crippen LogP contribution >= 0.6 is 11.3 Å². The smallest absolute Gasteiger partial charge is 0.255 e. The van der Waals surface area contributed by atoms with Gasteiger partial charge < -0.3 is 14.8 Å². The maximum absolute atomic E-state index is 12.4. The van der Waals surface area contributed by atoms with Gasteiger partial charge in [0.25, 0.3) is 5.91 Å². The first-order valence-electron chi connectivity index (χ1n) is 8.00. The van der Waals surface area contributed by atoms with E-state index in [0.29, 0.717) is 24.5 Å². The SMILES string of the molecule is O=C(NCCN1CCOCC1)c1ccccc1OCc1cscn1. The lowest BCUT2D eigenvalue weighted by atomic mass is 10.2. The second kappa shape index (κ2) is 8.77. The Kier molecular flexibility index (Phi) is 6.17. The number of rotatable bonds is 7. The molecule has 1 saturated heterocycles. The molecule has 0 saturated carbocycles. The van der Waals surface area contributed by atoms with Crippen molar-refractivity contribution >= 4 is 17.2 Å². The van der Waals surface area contributed by atoms with Crippen LogP contribution in [0.25, 0.3) is 0 Å². The molecule has 2 aromatic rings. The minimum Gasteiger partial charge on any atom is -0.486 e. The highest BCUT2D eigenvalue weighted by molar-refractivity contribution is 7.07. The van der Waals surface area contributed by atoms with Gasteiger partial charge in [0.2, 0.25) is 0 Å². The number of carbonyl (C=O) groups is 1. The fourth-order valence-corrected chi connectivity index (χ4v) is 3.03. The molecule has 1 fully saturated rings. The number of nitrogens with one attached hydrogen (secondary N) is 1. The minimum atomic E-state index is -0.114. The molecule has 0 bridgehead atoms. The van der Waals surface area contributed by atoms with Gasteiger partial charge in [-0.2, -0.15) is 0 Å². The zero-order valence-electron chi connectivity index (χ0n) is 13.4. The molecule has 1 amide bonds. The van der Waals surface area contributed by atoms with Gasteiger partial charge in [0.1, 0.15) is 12.4 Å². The summed E-state index contributed by atoms with van der Waals surface area (Å²) in [5, 5.41) is 4.90. The number of carbonyl (C=O) groups excluding carboxylic acids is 1. The van der Waals surface area contributed by atoms with Crippen molar-refractivity contribution in [2.24, 2.45) is 0 Å². The number of nitrogens with zero attached hydrogens (tertiary/aromatic N) is 2. The number of amides is 1. The Morgan fingerprint density at radius 1 is 1.33 bits per heavy atom. The molecule has 0 aliphatic carbocycles. The number of para-hydroxylation sites is 1. The molecule has 6 nitrogen and oxygen atoms in total. The molecule has 0 spiro atoms. The van der Waals surface area contributed by atoms with Crippen molar-refractivity contribution in [3.05, 3.63) is 46.4 Å². The summed E-state index contributed by atoms with van der Waals surface area (Å²) < 4.78 is 11.1. The zero-order chi connectivity index (χ0) is 16.6. The van der Waals surface area contributed by atoms with E-state index in [1.807, 2.05) is 23.6 Å². The second-order valence-electron chi connectivity index (χ2n) is 5.47. The van der Waals surface area contributed by atoms with Gasteiger partial charge in [0, 0.05) is 31.6 Å². The third kappa shape index (κ3) is 4.77. The van der Waals surface area contributed by atoms with E-state index in [-0.39, 0.29) is 5.91 Å². The van der Waals surface area contributed by atoms with Crippen LogP contribution < -0.4 is 10.1 Å². The molecule has 0 atom stereocenters. The van der Waals surface area contributed by atoms with E-state index >= 15 is 0 Å². The van der Waals surface area contributed by atoms with Crippen molar-refractivity contribution in [2.75, 3.05) is 39.4 Å². The van der Waals surface area contributed by atoms with Crippen molar-refractivity contribution in [1.29, 1.82) is 0 Å². The monoisotopic (exact) mass is 347 g/mol. The fourth-order valence-electron chi connectivity index (χ4n) is 2.49. The predicted octanol–water partition coefficient (Wildman–Crippen LogP) is 1.78. The molecular formula is C17H21N3O3S. The van der Waals surface area contributed by atoms with Crippen LogP contribution in [0.1, 0.15) is 16.1 Å². The van der Waals surface area contributed by atoms with E-state index in [4.69, 9.17) is 9.47 Å². The fraction of sp³-hybridized carbons (Fsp3) is 0.412. The van der Waals surface area contributed by atoms with Crippen LogP contribution in [0.15, 0.2) is 35.2 Å². The predicted molar refractivity (Wildman–Crippen MR) is 92.5 cm³/mol. The van der Waals surface area contributed by atoms with Crippen LogP contribution in [0.2, 0.25) is 0 Å². The molecule has 2 heterocycles. The van der Waals surface area contributed by atoms with Crippen molar-refractivity contribution in [3.8, 4) is 5.75 Å². The van der Waals surface area contributed by atoms with Gasteiger partial charge in [-0.15, -0.1) is 11.3 Å². The summed E-state index contributed by atoms with van der Waals surface area (Å²) in [5.74, 6) is 0.464. The van der Waals surface area contributed by atoms with Crippen LogP contribution in [0.3, 0.4) is 0 Å². The quantitative estimate of drug-likeness (QED) is 0.827. The highest BCUT2D eigenvalue weighted by atomic mass is 32.1. The summed E-state index contributed by atoms with van der Waals surface area (Å²) in [6.07, 6.45) is 0. The number of benzene rings is 1. The van der Waals surface area contributed by atoms with Gasteiger partial charge >= 0.3 is 0 Å². The molecule has 7 heteroatoms. The summed E-state index contributed by atoms with van der Waals surface area (Å²) in [7, 11) is 0. The number of aromatic nitrogens is 1. The van der Waals surface area contributed by atoms with Crippen LogP contribution in [0.5, 0.6) is 5.75 Å². The topological polar surface area (TPSA) is 63.7 Å². The Morgan fingerprint density at radius 3 is 2.96 bits per heavy atom. The maximum Gasteiger partial charge on any atom is 0.255 e. The second-order valence-corrected chi connectivity index (χ2v) is 6.19. The van der Waals surface area contributed by atoms with E-state index in [1.165, 1.54) is 11.3 Å². The van der Waals surface area contributed by atoms with Gasteiger partial charge in [-0.3, -0.25) is 9.69 Å². The number of thiazole rings is 1. The normalized spacial score (nSPS) is 15.2. The molecular weight excluding hydrogens is 326 g/mol. The molecule has 0 unspecified atom stereocenters. The standard InChI is InChI=1S/C17H21N3O3S/c21-17(18-5-6-20-7-9-22-10-8-20)15-3-1-2-4-16(15)23-11-14-12-24-13-19-14/h1-4,12-13H,5-11H2,(H,18,21). The van der Waals surface area contributed by atoms with Crippen molar-refractivity contribution in [3.63, 3.8) is 0 Å². The van der Waals surface area contributed by atoms with Crippen LogP contribution in [-0.4, -0.2) is 55.2 Å². The lowest BCUT2D eigenvalue weighted by Crippen LogP contribution is -2.41. The van der Waals surface area contributed by atoms with Crippen molar-refractivity contribution in [1.82, 2.24) is 15.2 Å².